The van der Waals surface area contributed by atoms with Gasteiger partial charge < -0.3 is 4.74 Å². The summed E-state index contributed by atoms with van der Waals surface area (Å²) in [5.74, 6) is 1.13. The van der Waals surface area contributed by atoms with Crippen molar-refractivity contribution in [3.05, 3.63) is 18.3 Å². The lowest BCUT2D eigenvalue weighted by Gasteiger charge is -2.26. The summed E-state index contributed by atoms with van der Waals surface area (Å²) in [6.45, 7) is 2.22. The zero-order chi connectivity index (χ0) is 13.2. The van der Waals surface area contributed by atoms with Crippen molar-refractivity contribution in [2.24, 2.45) is 11.1 Å². The van der Waals surface area contributed by atoms with E-state index in [-0.39, 0.29) is 11.0 Å². The SMILES string of the molecule is CC1CCCC(Oc2ccc(S(N)(=O)=O)cn2)C1. The molecule has 0 spiro atoms. The third kappa shape index (κ3) is 3.43. The first-order valence-electron chi connectivity index (χ1n) is 6.10. The van der Waals surface area contributed by atoms with Crippen molar-refractivity contribution in [3.8, 4) is 5.88 Å². The Kier molecular flexibility index (Phi) is 3.87. The van der Waals surface area contributed by atoms with E-state index in [0.29, 0.717) is 11.8 Å². The molecule has 1 heterocycles. The van der Waals surface area contributed by atoms with Crippen molar-refractivity contribution < 1.29 is 13.2 Å². The van der Waals surface area contributed by atoms with Gasteiger partial charge in [0.05, 0.1) is 6.20 Å². The smallest absolute Gasteiger partial charge is 0.239 e. The number of rotatable bonds is 3. The quantitative estimate of drug-likeness (QED) is 0.906. The Labute approximate surface area is 107 Å². The molecular formula is C12H18N2O3S. The van der Waals surface area contributed by atoms with E-state index < -0.39 is 10.0 Å². The predicted molar refractivity (Wildman–Crippen MR) is 67.7 cm³/mol. The van der Waals surface area contributed by atoms with Crippen molar-refractivity contribution in [2.45, 2.75) is 43.6 Å². The van der Waals surface area contributed by atoms with Gasteiger partial charge in [-0.2, -0.15) is 0 Å². The van der Waals surface area contributed by atoms with Crippen LogP contribution < -0.4 is 9.88 Å². The average Bonchev–Trinajstić information content (AvgIpc) is 2.28. The van der Waals surface area contributed by atoms with Gasteiger partial charge in [0.15, 0.2) is 0 Å². The van der Waals surface area contributed by atoms with Gasteiger partial charge >= 0.3 is 0 Å². The number of ether oxygens (including phenoxy) is 1. The maximum Gasteiger partial charge on any atom is 0.239 e. The minimum absolute atomic E-state index is 0.00635. The maximum absolute atomic E-state index is 11.1. The fraction of sp³-hybridized carbons (Fsp3) is 0.583. The summed E-state index contributed by atoms with van der Waals surface area (Å²) in [6.07, 6.45) is 5.89. The fourth-order valence-electron chi connectivity index (χ4n) is 2.26. The van der Waals surface area contributed by atoms with Gasteiger partial charge in [-0.3, -0.25) is 0 Å². The first-order valence-corrected chi connectivity index (χ1v) is 7.65. The summed E-state index contributed by atoms with van der Waals surface area (Å²) in [7, 11) is -3.68. The molecule has 2 N–H and O–H groups in total. The van der Waals surface area contributed by atoms with Gasteiger partial charge in [0, 0.05) is 6.07 Å². The van der Waals surface area contributed by atoms with Gasteiger partial charge in [-0.25, -0.2) is 18.5 Å². The molecule has 0 radical (unpaired) electrons. The van der Waals surface area contributed by atoms with Crippen LogP contribution in [0.15, 0.2) is 23.2 Å². The van der Waals surface area contributed by atoms with Crippen LogP contribution in [-0.2, 0) is 10.0 Å². The fourth-order valence-corrected chi connectivity index (χ4v) is 2.72. The molecule has 0 aromatic carbocycles. The molecule has 1 aliphatic carbocycles. The van der Waals surface area contributed by atoms with Crippen LogP contribution >= 0.6 is 0 Å². The monoisotopic (exact) mass is 270 g/mol. The molecule has 1 saturated carbocycles. The zero-order valence-corrected chi connectivity index (χ0v) is 11.2. The third-order valence-corrected chi connectivity index (χ3v) is 4.11. The van der Waals surface area contributed by atoms with Crippen LogP contribution in [-0.4, -0.2) is 19.5 Å². The summed E-state index contributed by atoms with van der Waals surface area (Å²) in [6, 6.07) is 2.98. The normalized spacial score (nSPS) is 24.8. The highest BCUT2D eigenvalue weighted by molar-refractivity contribution is 7.89. The molecule has 0 bridgehead atoms. The van der Waals surface area contributed by atoms with Gasteiger partial charge in [-0.05, 0) is 31.2 Å². The topological polar surface area (TPSA) is 82.3 Å². The number of pyridine rings is 1. The molecule has 100 valence electrons. The zero-order valence-electron chi connectivity index (χ0n) is 10.4. The Morgan fingerprint density at radius 2 is 2.17 bits per heavy atom. The van der Waals surface area contributed by atoms with Crippen molar-refractivity contribution in [1.29, 1.82) is 0 Å². The van der Waals surface area contributed by atoms with E-state index in [2.05, 4.69) is 11.9 Å². The molecule has 6 heteroatoms. The van der Waals surface area contributed by atoms with Crippen LogP contribution in [0.1, 0.15) is 32.6 Å². The predicted octanol–water partition coefficient (Wildman–Crippen LogP) is 1.69. The minimum Gasteiger partial charge on any atom is -0.474 e. The summed E-state index contributed by atoms with van der Waals surface area (Å²) >= 11 is 0. The second-order valence-corrected chi connectivity index (χ2v) is 6.45. The first-order chi connectivity index (χ1) is 8.45. The van der Waals surface area contributed by atoms with Crippen LogP contribution in [0.3, 0.4) is 0 Å². The molecule has 1 fully saturated rings. The average molecular weight is 270 g/mol. The molecule has 18 heavy (non-hydrogen) atoms. The minimum atomic E-state index is -3.68. The van der Waals surface area contributed by atoms with Gasteiger partial charge in [0.1, 0.15) is 11.0 Å². The molecule has 0 amide bonds. The molecule has 2 atom stereocenters. The Hall–Kier alpha value is -1.14. The number of sulfonamides is 1. The molecule has 0 saturated heterocycles. The molecule has 0 aliphatic heterocycles. The van der Waals surface area contributed by atoms with Crippen LogP contribution in [0.2, 0.25) is 0 Å². The molecule has 5 nitrogen and oxygen atoms in total. The van der Waals surface area contributed by atoms with Crippen molar-refractivity contribution in [3.63, 3.8) is 0 Å². The highest BCUT2D eigenvalue weighted by Crippen LogP contribution is 2.26. The number of hydrogen-bond acceptors (Lipinski definition) is 4. The van der Waals surface area contributed by atoms with Crippen LogP contribution in [0, 0.1) is 5.92 Å². The molecule has 1 aromatic heterocycles. The van der Waals surface area contributed by atoms with E-state index in [1.54, 1.807) is 6.07 Å². The maximum atomic E-state index is 11.1. The lowest BCUT2D eigenvalue weighted by molar-refractivity contribution is 0.124. The number of nitrogens with two attached hydrogens (primary N) is 1. The second-order valence-electron chi connectivity index (χ2n) is 4.89. The van der Waals surface area contributed by atoms with E-state index in [9.17, 15) is 8.42 Å². The number of hydrogen-bond donors (Lipinski definition) is 1. The largest absolute Gasteiger partial charge is 0.474 e. The van der Waals surface area contributed by atoms with Crippen molar-refractivity contribution in [2.75, 3.05) is 0 Å². The van der Waals surface area contributed by atoms with Gasteiger partial charge in [-0.15, -0.1) is 0 Å². The second kappa shape index (κ2) is 5.24. The molecule has 2 rings (SSSR count). The van der Waals surface area contributed by atoms with E-state index in [1.165, 1.54) is 25.1 Å². The Morgan fingerprint density at radius 3 is 2.72 bits per heavy atom. The Balaban J connectivity index is 2.02. The van der Waals surface area contributed by atoms with Crippen molar-refractivity contribution in [1.82, 2.24) is 4.98 Å². The van der Waals surface area contributed by atoms with E-state index in [0.717, 1.165) is 12.8 Å². The third-order valence-electron chi connectivity index (χ3n) is 3.21. The summed E-state index contributed by atoms with van der Waals surface area (Å²) in [5.41, 5.74) is 0. The summed E-state index contributed by atoms with van der Waals surface area (Å²) < 4.78 is 27.9. The molecule has 1 aliphatic rings. The lowest BCUT2D eigenvalue weighted by Crippen LogP contribution is -2.24. The molecule has 2 unspecified atom stereocenters. The van der Waals surface area contributed by atoms with E-state index in [1.807, 2.05) is 0 Å². The highest BCUT2D eigenvalue weighted by atomic mass is 32.2. The summed E-state index contributed by atoms with van der Waals surface area (Å²) in [4.78, 5) is 3.99. The highest BCUT2D eigenvalue weighted by Gasteiger charge is 2.20. The van der Waals surface area contributed by atoms with Gasteiger partial charge in [0.25, 0.3) is 0 Å². The van der Waals surface area contributed by atoms with E-state index in [4.69, 9.17) is 9.88 Å². The Morgan fingerprint density at radius 1 is 1.39 bits per heavy atom. The molecule has 1 aromatic rings. The van der Waals surface area contributed by atoms with Gasteiger partial charge in [-0.1, -0.05) is 13.3 Å². The molecular weight excluding hydrogens is 252 g/mol. The van der Waals surface area contributed by atoms with Crippen molar-refractivity contribution >= 4 is 10.0 Å². The van der Waals surface area contributed by atoms with E-state index >= 15 is 0 Å². The van der Waals surface area contributed by atoms with Crippen LogP contribution in [0.25, 0.3) is 0 Å². The standard InChI is InChI=1S/C12H18N2O3S/c1-9-3-2-4-10(7-9)17-12-6-5-11(8-14-12)18(13,15)16/h5-6,8-10H,2-4,7H2,1H3,(H2,13,15,16). The van der Waals surface area contributed by atoms with Gasteiger partial charge in [0.2, 0.25) is 15.9 Å². The number of nitrogens with zero attached hydrogens (tertiary/aromatic N) is 1. The lowest BCUT2D eigenvalue weighted by atomic mass is 9.89. The summed E-state index contributed by atoms with van der Waals surface area (Å²) in [5, 5.41) is 5.00. The Bertz CT molecular complexity index is 499. The van der Waals surface area contributed by atoms with Crippen LogP contribution in [0.4, 0.5) is 0 Å². The first kappa shape index (κ1) is 13.3. The van der Waals surface area contributed by atoms with Crippen LogP contribution in [0.5, 0.6) is 5.88 Å². The number of primary sulfonamides is 1. The number of aromatic nitrogens is 1.